The lowest BCUT2D eigenvalue weighted by Gasteiger charge is -2.20. The lowest BCUT2D eigenvalue weighted by atomic mass is 9.89. The van der Waals surface area contributed by atoms with E-state index in [1.807, 2.05) is 35.8 Å². The number of thioether (sulfide) groups is 1. The van der Waals surface area contributed by atoms with Gasteiger partial charge in [-0.1, -0.05) is 48.2 Å². The highest BCUT2D eigenvalue weighted by Gasteiger charge is 2.19. The number of ether oxygens (including phenoxy) is 1. The second kappa shape index (κ2) is 10.7. The van der Waals surface area contributed by atoms with Gasteiger partial charge in [-0.2, -0.15) is 0 Å². The molecule has 1 aliphatic carbocycles. The highest BCUT2D eigenvalue weighted by Crippen LogP contribution is 2.31. The molecule has 3 aromatic rings. The molecule has 0 fully saturated rings. The van der Waals surface area contributed by atoms with Crippen molar-refractivity contribution in [3.05, 3.63) is 71.8 Å². The monoisotopic (exact) mass is 462 g/mol. The van der Waals surface area contributed by atoms with E-state index in [-0.39, 0.29) is 17.7 Å². The van der Waals surface area contributed by atoms with Crippen molar-refractivity contribution in [2.75, 3.05) is 12.9 Å². The van der Waals surface area contributed by atoms with Gasteiger partial charge in [0, 0.05) is 6.54 Å². The number of aromatic nitrogens is 3. The maximum absolute atomic E-state index is 12.7. The fraction of sp³-hybridized carbons (Fsp3) is 0.346. The van der Waals surface area contributed by atoms with Gasteiger partial charge in [-0.3, -0.25) is 9.36 Å². The number of rotatable bonds is 9. The molecule has 7 heteroatoms. The van der Waals surface area contributed by atoms with Gasteiger partial charge in [0.2, 0.25) is 5.91 Å². The number of amides is 1. The Hall–Kier alpha value is -3.06. The zero-order chi connectivity index (χ0) is 23.2. The molecule has 0 spiro atoms. The first-order valence-corrected chi connectivity index (χ1v) is 12.3. The molecule has 0 bridgehead atoms. The number of carbonyl (C=O) groups is 1. The Kier molecular flexibility index (Phi) is 7.50. The summed E-state index contributed by atoms with van der Waals surface area (Å²) in [5, 5.41) is 12.5. The quantitative estimate of drug-likeness (QED) is 0.358. The molecule has 0 aliphatic heterocycles. The molecule has 1 aromatic heterocycles. The molecule has 4 rings (SSSR count). The van der Waals surface area contributed by atoms with Crippen molar-refractivity contribution in [1.82, 2.24) is 20.1 Å². The Morgan fingerprint density at radius 2 is 2.00 bits per heavy atom. The summed E-state index contributed by atoms with van der Waals surface area (Å²) in [6.07, 6.45) is 6.61. The lowest BCUT2D eigenvalue weighted by molar-refractivity contribution is -0.119. The first kappa shape index (κ1) is 23.1. The summed E-state index contributed by atoms with van der Waals surface area (Å²) in [6, 6.07) is 14.3. The van der Waals surface area contributed by atoms with Crippen LogP contribution < -0.4 is 10.1 Å². The molecule has 33 heavy (non-hydrogen) atoms. The molecule has 0 radical (unpaired) electrons. The van der Waals surface area contributed by atoms with Crippen molar-refractivity contribution in [2.45, 2.75) is 50.4 Å². The average molecular weight is 463 g/mol. The predicted molar refractivity (Wildman–Crippen MR) is 133 cm³/mol. The van der Waals surface area contributed by atoms with Crippen molar-refractivity contribution in [3.8, 4) is 17.1 Å². The Bertz CT molecular complexity index is 1140. The van der Waals surface area contributed by atoms with Gasteiger partial charge in [-0.25, -0.2) is 0 Å². The van der Waals surface area contributed by atoms with E-state index >= 15 is 0 Å². The molecule has 0 unspecified atom stereocenters. The minimum atomic E-state index is -0.0412. The Morgan fingerprint density at radius 1 is 1.21 bits per heavy atom. The fourth-order valence-electron chi connectivity index (χ4n) is 4.24. The summed E-state index contributed by atoms with van der Waals surface area (Å²) >= 11 is 1.37. The standard InChI is InChI=1S/C26H30N4O2S/c1-4-15-30-25(22-11-7-8-12-23(22)32-3)28-29-26(30)33-17-24(31)27-18(2)20-14-13-19-9-5-6-10-21(19)16-20/h4,7-8,11-14,16,18H,1,5-6,9-10,15,17H2,2-3H3,(H,27,31)/t18-/m0/s1. The average Bonchev–Trinajstić information content (AvgIpc) is 3.24. The molecule has 172 valence electrons. The van der Waals surface area contributed by atoms with Gasteiger partial charge in [0.15, 0.2) is 11.0 Å². The number of nitrogens with zero attached hydrogens (tertiary/aromatic N) is 3. The summed E-state index contributed by atoms with van der Waals surface area (Å²) < 4.78 is 7.44. The van der Waals surface area contributed by atoms with E-state index in [0.717, 1.165) is 29.7 Å². The van der Waals surface area contributed by atoms with Crippen LogP contribution in [0.25, 0.3) is 11.4 Å². The van der Waals surface area contributed by atoms with E-state index < -0.39 is 0 Å². The molecule has 2 aromatic carbocycles. The molecular weight excluding hydrogens is 432 g/mol. The Morgan fingerprint density at radius 3 is 2.79 bits per heavy atom. The van der Waals surface area contributed by atoms with E-state index in [1.165, 1.54) is 35.7 Å². The van der Waals surface area contributed by atoms with Crippen LogP contribution in [0.2, 0.25) is 0 Å². The molecule has 1 N–H and O–H groups in total. The number of hydrogen-bond donors (Lipinski definition) is 1. The maximum atomic E-state index is 12.7. The van der Waals surface area contributed by atoms with Crippen LogP contribution in [0.5, 0.6) is 5.75 Å². The van der Waals surface area contributed by atoms with E-state index in [0.29, 0.717) is 17.5 Å². The van der Waals surface area contributed by atoms with Crippen molar-refractivity contribution in [3.63, 3.8) is 0 Å². The predicted octanol–water partition coefficient (Wildman–Crippen LogP) is 4.99. The van der Waals surface area contributed by atoms with Crippen LogP contribution in [0.15, 0.2) is 60.3 Å². The van der Waals surface area contributed by atoms with Crippen LogP contribution in [-0.4, -0.2) is 33.5 Å². The van der Waals surface area contributed by atoms with E-state index in [9.17, 15) is 4.79 Å². The number of nitrogens with one attached hydrogen (secondary N) is 1. The van der Waals surface area contributed by atoms with Gasteiger partial charge in [0.25, 0.3) is 0 Å². The zero-order valence-corrected chi connectivity index (χ0v) is 20.0. The maximum Gasteiger partial charge on any atom is 0.230 e. The largest absolute Gasteiger partial charge is 0.496 e. The molecule has 1 atom stereocenters. The van der Waals surface area contributed by atoms with Crippen molar-refractivity contribution in [2.24, 2.45) is 0 Å². The molecule has 1 amide bonds. The van der Waals surface area contributed by atoms with Gasteiger partial charge in [-0.05, 0) is 61.4 Å². The van der Waals surface area contributed by atoms with Crippen molar-refractivity contribution >= 4 is 17.7 Å². The van der Waals surface area contributed by atoms with Crippen LogP contribution in [0.3, 0.4) is 0 Å². The molecular formula is C26H30N4O2S. The van der Waals surface area contributed by atoms with Crippen LogP contribution in [0.1, 0.15) is 42.5 Å². The van der Waals surface area contributed by atoms with Gasteiger partial charge in [0.05, 0.1) is 24.5 Å². The molecule has 0 saturated carbocycles. The van der Waals surface area contributed by atoms with Gasteiger partial charge >= 0.3 is 0 Å². The van der Waals surface area contributed by atoms with E-state index in [4.69, 9.17) is 4.74 Å². The molecule has 1 heterocycles. The third-order valence-corrected chi connectivity index (χ3v) is 6.93. The van der Waals surface area contributed by atoms with Crippen molar-refractivity contribution in [1.29, 1.82) is 0 Å². The summed E-state index contributed by atoms with van der Waals surface area (Å²) in [6.45, 7) is 6.43. The van der Waals surface area contributed by atoms with Crippen LogP contribution in [-0.2, 0) is 24.2 Å². The van der Waals surface area contributed by atoms with Gasteiger partial charge in [0.1, 0.15) is 5.75 Å². The fourth-order valence-corrected chi connectivity index (χ4v) is 5.00. The SMILES string of the molecule is C=CCn1c(SCC(=O)N[C@@H](C)c2ccc3c(c2)CCCC3)nnc1-c1ccccc1OC. The number of hydrogen-bond acceptors (Lipinski definition) is 5. The summed E-state index contributed by atoms with van der Waals surface area (Å²) in [7, 11) is 1.64. The lowest BCUT2D eigenvalue weighted by Crippen LogP contribution is -2.28. The van der Waals surface area contributed by atoms with Crippen molar-refractivity contribution < 1.29 is 9.53 Å². The minimum Gasteiger partial charge on any atom is -0.496 e. The van der Waals surface area contributed by atoms with E-state index in [2.05, 4.69) is 40.3 Å². The summed E-state index contributed by atoms with van der Waals surface area (Å²) in [4.78, 5) is 12.7. The summed E-state index contributed by atoms with van der Waals surface area (Å²) in [5.74, 6) is 1.65. The third kappa shape index (κ3) is 5.30. The van der Waals surface area contributed by atoms with Crippen LogP contribution in [0, 0.1) is 0 Å². The third-order valence-electron chi connectivity index (χ3n) is 5.96. The Labute approximate surface area is 199 Å². The second-order valence-corrected chi connectivity index (χ2v) is 9.16. The summed E-state index contributed by atoms with van der Waals surface area (Å²) in [5.41, 5.74) is 4.89. The van der Waals surface area contributed by atoms with Gasteiger partial charge < -0.3 is 10.1 Å². The number of carbonyl (C=O) groups excluding carboxylic acids is 1. The van der Waals surface area contributed by atoms with Crippen LogP contribution >= 0.6 is 11.8 Å². The van der Waals surface area contributed by atoms with E-state index in [1.54, 1.807) is 13.2 Å². The molecule has 0 saturated heterocycles. The Balaban J connectivity index is 1.43. The first-order valence-electron chi connectivity index (χ1n) is 11.3. The molecule has 1 aliphatic rings. The van der Waals surface area contributed by atoms with Gasteiger partial charge in [-0.15, -0.1) is 16.8 Å². The smallest absolute Gasteiger partial charge is 0.230 e. The second-order valence-electron chi connectivity index (χ2n) is 8.22. The number of methoxy groups -OCH3 is 1. The first-order chi connectivity index (χ1) is 16.1. The highest BCUT2D eigenvalue weighted by atomic mass is 32.2. The number of aryl methyl sites for hydroxylation is 2. The zero-order valence-electron chi connectivity index (χ0n) is 19.2. The molecule has 6 nitrogen and oxygen atoms in total. The normalized spacial score (nSPS) is 13.8. The highest BCUT2D eigenvalue weighted by molar-refractivity contribution is 7.99. The number of allylic oxidation sites excluding steroid dienone is 1. The minimum absolute atomic E-state index is 0.0304. The van der Waals surface area contributed by atoms with Crippen LogP contribution in [0.4, 0.5) is 0 Å². The number of para-hydroxylation sites is 1. The number of fused-ring (bicyclic) bond motifs is 1. The number of benzene rings is 2. The topological polar surface area (TPSA) is 69.0 Å².